The Kier molecular flexibility index (Phi) is 9.16. The van der Waals surface area contributed by atoms with Gasteiger partial charge in [-0.3, -0.25) is 14.4 Å². The zero-order valence-electron chi connectivity index (χ0n) is 24.9. The van der Waals surface area contributed by atoms with Crippen molar-refractivity contribution in [3.63, 3.8) is 0 Å². The van der Waals surface area contributed by atoms with Crippen LogP contribution in [0.3, 0.4) is 0 Å². The van der Waals surface area contributed by atoms with Crippen LogP contribution in [0.5, 0.6) is 0 Å². The highest BCUT2D eigenvalue weighted by atomic mass is 32.1. The summed E-state index contributed by atoms with van der Waals surface area (Å²) in [5.74, 6) is -1.67. The number of carbonyl (C=O) groups is 3. The number of nitrogens with one attached hydrogen (secondary N) is 1. The smallest absolute Gasteiger partial charge is 0.306 e. The molecule has 2 aliphatic rings. The molecule has 0 spiro atoms. The Hall–Kier alpha value is -3.77. The van der Waals surface area contributed by atoms with Crippen molar-refractivity contribution in [2.45, 2.75) is 71.1 Å². The molecule has 0 bridgehead atoms. The Morgan fingerprint density at radius 1 is 1.12 bits per heavy atom. The number of piperidine rings is 1. The minimum absolute atomic E-state index is 0.0567. The summed E-state index contributed by atoms with van der Waals surface area (Å²) in [7, 11) is 0. The van der Waals surface area contributed by atoms with Crippen molar-refractivity contribution < 1.29 is 29.1 Å². The number of rotatable bonds is 9. The Labute approximate surface area is 254 Å². The molecule has 230 valence electrons. The van der Waals surface area contributed by atoms with Crippen molar-refractivity contribution in [2.75, 3.05) is 24.5 Å². The van der Waals surface area contributed by atoms with E-state index in [9.17, 15) is 24.6 Å². The van der Waals surface area contributed by atoms with Crippen molar-refractivity contribution in [3.05, 3.63) is 52.9 Å². The van der Waals surface area contributed by atoms with Crippen LogP contribution in [-0.2, 0) is 14.4 Å². The third-order valence-electron chi connectivity index (χ3n) is 8.57. The summed E-state index contributed by atoms with van der Waals surface area (Å²) in [4.78, 5) is 47.6. The number of thiazole rings is 1. The number of aliphatic carboxylic acids is 1. The lowest BCUT2D eigenvalue weighted by Gasteiger charge is -2.30. The van der Waals surface area contributed by atoms with Crippen LogP contribution in [0, 0.1) is 18.8 Å². The van der Waals surface area contributed by atoms with Gasteiger partial charge in [0.15, 0.2) is 11.6 Å². The van der Waals surface area contributed by atoms with Crippen LogP contribution in [0.4, 0.5) is 5.82 Å². The van der Waals surface area contributed by atoms with Crippen molar-refractivity contribution in [1.82, 2.24) is 20.4 Å². The average Bonchev–Trinajstić information content (AvgIpc) is 3.73. The molecule has 12 heteroatoms. The van der Waals surface area contributed by atoms with Crippen LogP contribution in [0.15, 0.2) is 40.4 Å². The van der Waals surface area contributed by atoms with Crippen LogP contribution >= 0.6 is 11.3 Å². The highest BCUT2D eigenvalue weighted by molar-refractivity contribution is 7.13. The summed E-state index contributed by atoms with van der Waals surface area (Å²) in [6.45, 7) is 8.82. The SMILES string of the molecule is Cc1ncsc1-c1ccc([C@H](C)NC(=O)[C@@H]2C[C@@H](O)CN2C(=O)[C@H](c2cc(N3CCC(C(=O)O)CC3)no2)C(C)C)cc1. The molecule has 11 nitrogen and oxygen atoms in total. The molecule has 2 fully saturated rings. The van der Waals surface area contributed by atoms with Crippen LogP contribution in [0.1, 0.15) is 69.0 Å². The van der Waals surface area contributed by atoms with E-state index in [0.29, 0.717) is 37.5 Å². The molecule has 0 saturated carbocycles. The predicted molar refractivity (Wildman–Crippen MR) is 162 cm³/mol. The number of hydrogen-bond donors (Lipinski definition) is 3. The summed E-state index contributed by atoms with van der Waals surface area (Å²) in [5, 5.41) is 27.0. The van der Waals surface area contributed by atoms with E-state index in [1.54, 1.807) is 17.4 Å². The number of carbonyl (C=O) groups excluding carboxylic acids is 2. The van der Waals surface area contributed by atoms with Gasteiger partial charge in [-0.05, 0) is 43.7 Å². The Balaban J connectivity index is 1.26. The number of amides is 2. The molecule has 4 atom stereocenters. The Morgan fingerprint density at radius 2 is 1.81 bits per heavy atom. The largest absolute Gasteiger partial charge is 0.481 e. The van der Waals surface area contributed by atoms with E-state index in [0.717, 1.165) is 21.7 Å². The molecule has 3 N–H and O–H groups in total. The van der Waals surface area contributed by atoms with Gasteiger partial charge >= 0.3 is 5.97 Å². The molecule has 2 aromatic heterocycles. The summed E-state index contributed by atoms with van der Waals surface area (Å²) in [5.41, 5.74) is 4.79. The number of aromatic nitrogens is 2. The maximum atomic E-state index is 13.9. The first kappa shape index (κ1) is 30.7. The zero-order chi connectivity index (χ0) is 30.8. The maximum Gasteiger partial charge on any atom is 0.306 e. The molecule has 43 heavy (non-hydrogen) atoms. The second-order valence-electron chi connectivity index (χ2n) is 11.9. The molecule has 0 radical (unpaired) electrons. The van der Waals surface area contributed by atoms with E-state index in [1.807, 2.05) is 62.4 Å². The first-order valence-corrected chi connectivity index (χ1v) is 15.6. The van der Waals surface area contributed by atoms with E-state index >= 15 is 0 Å². The number of hydrogen-bond acceptors (Lipinski definition) is 9. The maximum absolute atomic E-state index is 13.9. The first-order chi connectivity index (χ1) is 20.5. The van der Waals surface area contributed by atoms with Gasteiger partial charge in [0.2, 0.25) is 11.8 Å². The van der Waals surface area contributed by atoms with E-state index in [2.05, 4.69) is 15.5 Å². The number of benzene rings is 1. The lowest BCUT2D eigenvalue weighted by Crippen LogP contribution is -2.48. The van der Waals surface area contributed by atoms with E-state index in [4.69, 9.17) is 4.52 Å². The van der Waals surface area contributed by atoms with Crippen molar-refractivity contribution in [1.29, 1.82) is 0 Å². The molecule has 0 unspecified atom stereocenters. The minimum Gasteiger partial charge on any atom is -0.481 e. The molecule has 2 saturated heterocycles. The van der Waals surface area contributed by atoms with Gasteiger partial charge in [-0.2, -0.15) is 0 Å². The second-order valence-corrected chi connectivity index (χ2v) is 12.8. The zero-order valence-corrected chi connectivity index (χ0v) is 25.7. The number of carboxylic acids is 1. The summed E-state index contributed by atoms with van der Waals surface area (Å²) >= 11 is 1.58. The van der Waals surface area contributed by atoms with Crippen molar-refractivity contribution in [3.8, 4) is 10.4 Å². The standard InChI is InChI=1S/C31H39N5O6S/c1-17(2)27(25-14-26(34-42-25)35-11-9-22(10-12-35)31(40)41)30(39)36-15-23(37)13-24(36)29(38)33-18(3)20-5-7-21(8-6-20)28-19(4)32-16-43-28/h5-8,14,16-18,22-24,27,37H,9-13,15H2,1-4H3,(H,33,38)(H,40,41)/t18-,23+,24-,27-/m0/s1. The molecule has 3 aromatic rings. The van der Waals surface area contributed by atoms with Crippen molar-refractivity contribution in [2.24, 2.45) is 11.8 Å². The normalized spacial score (nSPS) is 20.8. The highest BCUT2D eigenvalue weighted by Crippen LogP contribution is 2.34. The number of nitrogens with zero attached hydrogens (tertiary/aromatic N) is 4. The van der Waals surface area contributed by atoms with Gasteiger partial charge in [-0.1, -0.05) is 43.3 Å². The third-order valence-corrected chi connectivity index (χ3v) is 9.54. The average molecular weight is 610 g/mol. The quantitative estimate of drug-likeness (QED) is 0.327. The molecular formula is C31H39N5O6S. The van der Waals surface area contributed by atoms with Gasteiger partial charge in [0, 0.05) is 32.1 Å². The van der Waals surface area contributed by atoms with E-state index in [-0.39, 0.29) is 42.7 Å². The summed E-state index contributed by atoms with van der Waals surface area (Å²) in [6, 6.07) is 8.61. The minimum atomic E-state index is -0.817. The number of carboxylic acid groups (broad SMARTS) is 1. The van der Waals surface area contributed by atoms with Gasteiger partial charge in [0.1, 0.15) is 12.0 Å². The molecule has 1 aromatic carbocycles. The fraction of sp³-hybridized carbons (Fsp3) is 0.516. The molecule has 2 aliphatic heterocycles. The van der Waals surface area contributed by atoms with Crippen LogP contribution < -0.4 is 10.2 Å². The Bertz CT molecular complexity index is 1440. The van der Waals surface area contributed by atoms with Gasteiger partial charge < -0.3 is 29.9 Å². The summed E-state index contributed by atoms with van der Waals surface area (Å²) in [6.07, 6.45) is 0.367. The molecule has 5 rings (SSSR count). The number of aliphatic hydroxyl groups excluding tert-OH is 1. The number of aryl methyl sites for hydroxylation is 1. The highest BCUT2D eigenvalue weighted by Gasteiger charge is 2.43. The number of β-amino-alcohol motifs (C(OH)–C–C–N with tert-alkyl or cyclic N) is 1. The van der Waals surface area contributed by atoms with Crippen LogP contribution in [0.25, 0.3) is 10.4 Å². The molecule has 4 heterocycles. The molecule has 0 aliphatic carbocycles. The van der Waals surface area contributed by atoms with E-state index in [1.165, 1.54) is 4.90 Å². The molecule has 2 amide bonds. The van der Waals surface area contributed by atoms with Gasteiger partial charge in [0.05, 0.1) is 34.1 Å². The van der Waals surface area contributed by atoms with Crippen molar-refractivity contribution >= 4 is 34.9 Å². The number of likely N-dealkylation sites (tertiary alicyclic amines) is 1. The van der Waals surface area contributed by atoms with Gasteiger partial charge in [-0.25, -0.2) is 4.98 Å². The fourth-order valence-electron chi connectivity index (χ4n) is 6.05. The first-order valence-electron chi connectivity index (χ1n) is 14.8. The van der Waals surface area contributed by atoms with Crippen LogP contribution in [-0.4, -0.2) is 74.8 Å². The lowest BCUT2D eigenvalue weighted by atomic mass is 9.91. The molecular weight excluding hydrogens is 570 g/mol. The third kappa shape index (κ3) is 6.59. The monoisotopic (exact) mass is 609 g/mol. The summed E-state index contributed by atoms with van der Waals surface area (Å²) < 4.78 is 5.66. The van der Waals surface area contributed by atoms with Gasteiger partial charge in [-0.15, -0.1) is 11.3 Å². The van der Waals surface area contributed by atoms with E-state index < -0.39 is 24.0 Å². The number of aliphatic hydroxyl groups is 1. The van der Waals surface area contributed by atoms with Crippen LogP contribution in [0.2, 0.25) is 0 Å². The topological polar surface area (TPSA) is 149 Å². The Morgan fingerprint density at radius 3 is 2.42 bits per heavy atom. The fourth-order valence-corrected chi connectivity index (χ4v) is 6.86. The predicted octanol–water partition coefficient (Wildman–Crippen LogP) is 3.99. The second kappa shape index (κ2) is 12.8. The van der Waals surface area contributed by atoms with Gasteiger partial charge in [0.25, 0.3) is 0 Å². The lowest BCUT2D eigenvalue weighted by molar-refractivity contribution is -0.142. The number of anilines is 1.